The first-order chi connectivity index (χ1) is 8.89. The number of nitrogens with zero attached hydrogens (tertiary/aromatic N) is 3. The SMILES string of the molecule is FC(F)(F)c1cncc(C2(S)CN3CCC2CC3)n1. The highest BCUT2D eigenvalue weighted by Gasteiger charge is 2.47. The number of piperidine rings is 3. The summed E-state index contributed by atoms with van der Waals surface area (Å²) in [7, 11) is 0. The molecule has 2 bridgehead atoms. The normalized spacial score (nSPS) is 34.5. The van der Waals surface area contributed by atoms with Crippen molar-refractivity contribution in [1.29, 1.82) is 0 Å². The van der Waals surface area contributed by atoms with Gasteiger partial charge < -0.3 is 4.90 Å². The lowest BCUT2D eigenvalue weighted by molar-refractivity contribution is -0.141. The number of alkyl halides is 3. The molecule has 3 nitrogen and oxygen atoms in total. The maximum atomic E-state index is 12.7. The lowest BCUT2D eigenvalue weighted by Crippen LogP contribution is -2.54. The van der Waals surface area contributed by atoms with E-state index in [0.29, 0.717) is 12.2 Å². The molecule has 104 valence electrons. The first-order valence-corrected chi connectivity index (χ1v) is 6.69. The molecule has 0 amide bonds. The summed E-state index contributed by atoms with van der Waals surface area (Å²) in [6.07, 6.45) is -0.351. The maximum absolute atomic E-state index is 12.7. The van der Waals surface area contributed by atoms with Crippen LogP contribution in [0.15, 0.2) is 12.4 Å². The molecular weight excluding hydrogens is 275 g/mol. The quantitative estimate of drug-likeness (QED) is 0.805. The summed E-state index contributed by atoms with van der Waals surface area (Å²) < 4.78 is 37.5. The summed E-state index contributed by atoms with van der Waals surface area (Å²) in [5, 5.41) is 0. The third kappa shape index (κ3) is 2.23. The number of halogens is 3. The Morgan fingerprint density at radius 3 is 2.47 bits per heavy atom. The van der Waals surface area contributed by atoms with Crippen molar-refractivity contribution in [1.82, 2.24) is 14.9 Å². The van der Waals surface area contributed by atoms with Crippen LogP contribution in [0, 0.1) is 5.92 Å². The van der Waals surface area contributed by atoms with Crippen LogP contribution >= 0.6 is 12.6 Å². The summed E-state index contributed by atoms with van der Waals surface area (Å²) in [6.45, 7) is 2.65. The van der Waals surface area contributed by atoms with E-state index >= 15 is 0 Å². The minimum Gasteiger partial charge on any atom is -0.302 e. The number of thiol groups is 1. The van der Waals surface area contributed by atoms with Gasteiger partial charge in [-0.1, -0.05) is 0 Å². The molecule has 3 aliphatic heterocycles. The lowest BCUT2D eigenvalue weighted by Gasteiger charge is -2.50. The van der Waals surface area contributed by atoms with Crippen LogP contribution in [-0.4, -0.2) is 34.5 Å². The molecule has 1 aromatic rings. The third-order valence-electron chi connectivity index (χ3n) is 4.10. The van der Waals surface area contributed by atoms with Gasteiger partial charge in [-0.05, 0) is 31.8 Å². The van der Waals surface area contributed by atoms with Gasteiger partial charge in [0.15, 0.2) is 5.69 Å². The molecular formula is C12H14F3N3S. The number of rotatable bonds is 1. The zero-order valence-corrected chi connectivity index (χ0v) is 11.1. The number of hydrogen-bond donors (Lipinski definition) is 1. The smallest absolute Gasteiger partial charge is 0.302 e. The van der Waals surface area contributed by atoms with Gasteiger partial charge in [-0.3, -0.25) is 4.98 Å². The number of hydrogen-bond acceptors (Lipinski definition) is 4. The van der Waals surface area contributed by atoms with Crippen molar-refractivity contribution >= 4 is 12.6 Å². The maximum Gasteiger partial charge on any atom is 0.434 e. The predicted octanol–water partition coefficient (Wildman–Crippen LogP) is 2.35. The largest absolute Gasteiger partial charge is 0.434 e. The molecule has 0 radical (unpaired) electrons. The van der Waals surface area contributed by atoms with E-state index < -0.39 is 16.6 Å². The lowest BCUT2D eigenvalue weighted by atomic mass is 9.76. The summed E-state index contributed by atoms with van der Waals surface area (Å²) in [5.41, 5.74) is -0.588. The van der Waals surface area contributed by atoms with Crippen LogP contribution in [0.5, 0.6) is 0 Å². The van der Waals surface area contributed by atoms with Gasteiger partial charge in [0.1, 0.15) is 0 Å². The molecule has 0 spiro atoms. The second-order valence-electron chi connectivity index (χ2n) is 5.26. The Bertz CT molecular complexity index is 485. The summed E-state index contributed by atoms with van der Waals surface area (Å²) in [5.74, 6) is 0.276. The zero-order valence-electron chi connectivity index (χ0n) is 10.2. The van der Waals surface area contributed by atoms with Crippen LogP contribution in [0.25, 0.3) is 0 Å². The molecule has 0 N–H and O–H groups in total. The molecule has 4 rings (SSSR count). The van der Waals surface area contributed by atoms with E-state index in [9.17, 15) is 13.2 Å². The average Bonchev–Trinajstić information content (AvgIpc) is 2.39. The monoisotopic (exact) mass is 289 g/mol. The van der Waals surface area contributed by atoms with Gasteiger partial charge in [0.25, 0.3) is 0 Å². The van der Waals surface area contributed by atoms with Gasteiger partial charge in [-0.2, -0.15) is 25.8 Å². The van der Waals surface area contributed by atoms with Crippen LogP contribution in [0.3, 0.4) is 0 Å². The fraction of sp³-hybridized carbons (Fsp3) is 0.667. The summed E-state index contributed by atoms with van der Waals surface area (Å²) in [6, 6.07) is 0. The van der Waals surface area contributed by atoms with Gasteiger partial charge in [0, 0.05) is 12.7 Å². The van der Waals surface area contributed by atoms with Crippen molar-refractivity contribution in [3.05, 3.63) is 23.8 Å². The van der Waals surface area contributed by atoms with Gasteiger partial charge in [0.2, 0.25) is 0 Å². The zero-order chi connectivity index (χ0) is 13.7. The molecule has 1 atom stereocenters. The molecule has 4 heterocycles. The van der Waals surface area contributed by atoms with E-state index in [1.165, 1.54) is 6.20 Å². The van der Waals surface area contributed by atoms with Crippen LogP contribution in [0.2, 0.25) is 0 Å². The van der Waals surface area contributed by atoms with Crippen LogP contribution in [0.1, 0.15) is 24.2 Å². The van der Waals surface area contributed by atoms with Crippen LogP contribution in [0.4, 0.5) is 13.2 Å². The Morgan fingerprint density at radius 2 is 1.95 bits per heavy atom. The van der Waals surface area contributed by atoms with Gasteiger partial charge in [-0.15, -0.1) is 0 Å². The molecule has 1 unspecified atom stereocenters. The fourth-order valence-corrected chi connectivity index (χ4v) is 3.61. The second kappa shape index (κ2) is 4.34. The molecule has 7 heteroatoms. The molecule has 3 saturated heterocycles. The molecule has 3 aliphatic rings. The molecule has 0 aliphatic carbocycles. The van der Waals surface area contributed by atoms with Crippen molar-refractivity contribution in [2.75, 3.05) is 19.6 Å². The molecule has 1 aromatic heterocycles. The highest BCUT2D eigenvalue weighted by Crippen LogP contribution is 2.46. The highest BCUT2D eigenvalue weighted by atomic mass is 32.1. The topological polar surface area (TPSA) is 29.0 Å². The third-order valence-corrected chi connectivity index (χ3v) is 4.83. The minimum absolute atomic E-state index is 0.276. The van der Waals surface area contributed by atoms with E-state index in [2.05, 4.69) is 27.5 Å². The van der Waals surface area contributed by atoms with E-state index in [0.717, 1.165) is 32.1 Å². The first kappa shape index (κ1) is 13.2. The Morgan fingerprint density at radius 1 is 1.26 bits per heavy atom. The van der Waals surface area contributed by atoms with Gasteiger partial charge >= 0.3 is 6.18 Å². The Kier molecular flexibility index (Phi) is 3.01. The van der Waals surface area contributed by atoms with E-state index in [1.54, 1.807) is 0 Å². The standard InChI is InChI=1S/C12H14F3N3S/c13-12(14,15)10-6-16-5-9(17-10)11(19)7-18-3-1-8(11)2-4-18/h5-6,8,19H,1-4,7H2. The molecule has 19 heavy (non-hydrogen) atoms. The first-order valence-electron chi connectivity index (χ1n) is 6.24. The van der Waals surface area contributed by atoms with E-state index in [1.807, 2.05) is 0 Å². The Hall–Kier alpha value is -0.820. The predicted molar refractivity (Wildman–Crippen MR) is 66.9 cm³/mol. The fourth-order valence-electron chi connectivity index (χ4n) is 3.04. The molecule has 0 saturated carbocycles. The van der Waals surface area contributed by atoms with E-state index in [-0.39, 0.29) is 5.92 Å². The van der Waals surface area contributed by atoms with E-state index in [4.69, 9.17) is 0 Å². The van der Waals surface area contributed by atoms with Gasteiger partial charge in [0.05, 0.1) is 16.6 Å². The average molecular weight is 289 g/mol. The number of aromatic nitrogens is 2. The van der Waals surface area contributed by atoms with Crippen molar-refractivity contribution in [2.45, 2.75) is 23.8 Å². The molecule has 3 fully saturated rings. The number of fused-ring (bicyclic) bond motifs is 3. The van der Waals surface area contributed by atoms with Crippen molar-refractivity contribution in [2.24, 2.45) is 5.92 Å². The van der Waals surface area contributed by atoms with Crippen molar-refractivity contribution in [3.8, 4) is 0 Å². The van der Waals surface area contributed by atoms with Crippen molar-refractivity contribution in [3.63, 3.8) is 0 Å². The Labute approximate surface area is 114 Å². The van der Waals surface area contributed by atoms with Gasteiger partial charge in [-0.25, -0.2) is 4.98 Å². The minimum atomic E-state index is -4.46. The van der Waals surface area contributed by atoms with Crippen LogP contribution in [-0.2, 0) is 10.9 Å². The summed E-state index contributed by atoms with van der Waals surface area (Å²) in [4.78, 5) is 9.70. The van der Waals surface area contributed by atoms with Crippen LogP contribution < -0.4 is 0 Å². The summed E-state index contributed by atoms with van der Waals surface area (Å²) >= 11 is 4.68. The molecule has 0 aromatic carbocycles. The Balaban J connectivity index is 1.98. The highest BCUT2D eigenvalue weighted by molar-refractivity contribution is 7.81. The second-order valence-corrected chi connectivity index (χ2v) is 6.06. The van der Waals surface area contributed by atoms with Crippen molar-refractivity contribution < 1.29 is 13.2 Å².